The fraction of sp³-hybridized carbons (Fsp3) is 0.538. The lowest BCUT2D eigenvalue weighted by Crippen LogP contribution is -2.46. The Bertz CT molecular complexity index is 554. The average Bonchev–Trinajstić information content (AvgIpc) is 2.41. The van der Waals surface area contributed by atoms with Crippen molar-refractivity contribution in [2.24, 2.45) is 0 Å². The molecule has 106 valence electrons. The van der Waals surface area contributed by atoms with E-state index in [2.05, 4.69) is 5.32 Å². The van der Waals surface area contributed by atoms with Gasteiger partial charge in [-0.05, 0) is 44.0 Å². The molecular weight excluding hydrogens is 267 g/mol. The third-order valence-corrected chi connectivity index (χ3v) is 5.51. The van der Waals surface area contributed by atoms with Crippen LogP contribution < -0.4 is 5.32 Å². The maximum absolute atomic E-state index is 13.5. The molecule has 1 aliphatic heterocycles. The van der Waals surface area contributed by atoms with Crippen LogP contribution in [0.3, 0.4) is 0 Å². The molecule has 1 aromatic rings. The number of likely N-dealkylation sites (N-methyl/N-ethyl adjacent to an activating group) is 1. The first-order chi connectivity index (χ1) is 8.93. The van der Waals surface area contributed by atoms with Gasteiger partial charge < -0.3 is 5.32 Å². The zero-order valence-corrected chi connectivity index (χ0v) is 12.0. The zero-order chi connectivity index (χ0) is 14.0. The summed E-state index contributed by atoms with van der Waals surface area (Å²) >= 11 is 0. The summed E-state index contributed by atoms with van der Waals surface area (Å²) in [5, 5.41) is 3.18. The summed E-state index contributed by atoms with van der Waals surface area (Å²) in [6.45, 7) is 3.17. The van der Waals surface area contributed by atoms with E-state index in [4.69, 9.17) is 0 Å². The van der Waals surface area contributed by atoms with E-state index < -0.39 is 15.8 Å². The van der Waals surface area contributed by atoms with E-state index in [9.17, 15) is 12.8 Å². The molecule has 0 saturated carbocycles. The van der Waals surface area contributed by atoms with Crippen molar-refractivity contribution in [1.82, 2.24) is 9.62 Å². The highest BCUT2D eigenvalue weighted by molar-refractivity contribution is 7.89. The lowest BCUT2D eigenvalue weighted by Gasteiger charge is -2.30. The Balaban J connectivity index is 2.27. The molecule has 2 rings (SSSR count). The smallest absolute Gasteiger partial charge is 0.243 e. The Hall–Kier alpha value is -0.980. The van der Waals surface area contributed by atoms with Crippen LogP contribution in [0.15, 0.2) is 23.1 Å². The number of halogens is 1. The van der Waals surface area contributed by atoms with Crippen LogP contribution in [0, 0.1) is 12.7 Å². The van der Waals surface area contributed by atoms with Crippen molar-refractivity contribution in [3.8, 4) is 0 Å². The van der Waals surface area contributed by atoms with Crippen LogP contribution >= 0.6 is 0 Å². The van der Waals surface area contributed by atoms with Crippen LogP contribution in [0.1, 0.15) is 18.4 Å². The first kappa shape index (κ1) is 14.4. The van der Waals surface area contributed by atoms with Gasteiger partial charge in [-0.25, -0.2) is 12.8 Å². The molecule has 0 amide bonds. The van der Waals surface area contributed by atoms with Crippen LogP contribution in [0.2, 0.25) is 0 Å². The molecule has 0 aliphatic carbocycles. The summed E-state index contributed by atoms with van der Waals surface area (Å²) < 4.78 is 39.7. The molecule has 6 heteroatoms. The monoisotopic (exact) mass is 286 g/mol. The van der Waals surface area contributed by atoms with E-state index in [0.717, 1.165) is 25.5 Å². The van der Waals surface area contributed by atoms with Gasteiger partial charge in [0.25, 0.3) is 0 Å². The third kappa shape index (κ3) is 2.96. The summed E-state index contributed by atoms with van der Waals surface area (Å²) in [7, 11) is -2.06. The van der Waals surface area contributed by atoms with Crippen LogP contribution in [-0.2, 0) is 10.0 Å². The molecule has 1 atom stereocenters. The second-order valence-electron chi connectivity index (χ2n) is 4.93. The highest BCUT2D eigenvalue weighted by Gasteiger charge is 2.29. The molecule has 19 heavy (non-hydrogen) atoms. The number of nitrogens with zero attached hydrogens (tertiary/aromatic N) is 1. The molecule has 0 bridgehead atoms. The first-order valence-corrected chi connectivity index (χ1v) is 7.82. The van der Waals surface area contributed by atoms with E-state index in [-0.39, 0.29) is 10.9 Å². The average molecular weight is 286 g/mol. The molecule has 1 aromatic carbocycles. The fourth-order valence-electron chi connectivity index (χ4n) is 2.24. The van der Waals surface area contributed by atoms with Crippen molar-refractivity contribution < 1.29 is 12.8 Å². The SMILES string of the molecule is Cc1ccc(S(=O)(=O)N(C)C2CCCNC2)cc1F. The molecular formula is C13H19FN2O2S. The lowest BCUT2D eigenvalue weighted by molar-refractivity contribution is 0.300. The van der Waals surface area contributed by atoms with Gasteiger partial charge in [0.05, 0.1) is 4.90 Å². The Morgan fingerprint density at radius 2 is 2.16 bits per heavy atom. The second-order valence-corrected chi connectivity index (χ2v) is 6.93. The fourth-order valence-corrected chi connectivity index (χ4v) is 3.64. The molecule has 1 aliphatic rings. The van der Waals surface area contributed by atoms with Gasteiger partial charge in [-0.3, -0.25) is 0 Å². The van der Waals surface area contributed by atoms with E-state index in [0.29, 0.717) is 12.1 Å². The van der Waals surface area contributed by atoms with Crippen molar-refractivity contribution in [1.29, 1.82) is 0 Å². The van der Waals surface area contributed by atoms with Gasteiger partial charge in [-0.1, -0.05) is 6.07 Å². The highest BCUT2D eigenvalue weighted by atomic mass is 32.2. The predicted octanol–water partition coefficient (Wildman–Crippen LogP) is 1.51. The summed E-state index contributed by atoms with van der Waals surface area (Å²) in [6.07, 6.45) is 1.78. The van der Waals surface area contributed by atoms with Gasteiger partial charge in [0.1, 0.15) is 5.82 Å². The van der Waals surface area contributed by atoms with Gasteiger partial charge in [-0.15, -0.1) is 0 Å². The minimum atomic E-state index is -3.62. The standard InChI is InChI=1S/C13H19FN2O2S/c1-10-5-6-12(8-13(10)14)19(17,18)16(2)11-4-3-7-15-9-11/h5-6,8,11,15H,3-4,7,9H2,1-2H3. The van der Waals surface area contributed by atoms with Crippen molar-refractivity contribution in [2.45, 2.75) is 30.7 Å². The van der Waals surface area contributed by atoms with Crippen LogP contribution in [0.4, 0.5) is 4.39 Å². The first-order valence-electron chi connectivity index (χ1n) is 6.38. The summed E-state index contributed by atoms with van der Waals surface area (Å²) in [5.74, 6) is -0.490. The molecule has 1 fully saturated rings. The summed E-state index contributed by atoms with van der Waals surface area (Å²) in [4.78, 5) is 0.0173. The number of benzene rings is 1. The van der Waals surface area contributed by atoms with E-state index in [1.807, 2.05) is 0 Å². The van der Waals surface area contributed by atoms with Crippen molar-refractivity contribution in [3.63, 3.8) is 0 Å². The number of piperidine rings is 1. The van der Waals surface area contributed by atoms with Gasteiger partial charge in [-0.2, -0.15) is 4.31 Å². The molecule has 4 nitrogen and oxygen atoms in total. The topological polar surface area (TPSA) is 49.4 Å². The summed E-state index contributed by atoms with van der Waals surface area (Å²) in [6, 6.07) is 3.98. The Morgan fingerprint density at radius 3 is 2.74 bits per heavy atom. The van der Waals surface area contributed by atoms with Gasteiger partial charge in [0.15, 0.2) is 0 Å². The van der Waals surface area contributed by atoms with E-state index >= 15 is 0 Å². The van der Waals surface area contributed by atoms with Crippen molar-refractivity contribution in [3.05, 3.63) is 29.6 Å². The third-order valence-electron chi connectivity index (χ3n) is 3.61. The van der Waals surface area contributed by atoms with Gasteiger partial charge in [0.2, 0.25) is 10.0 Å². The molecule has 1 saturated heterocycles. The van der Waals surface area contributed by atoms with Crippen molar-refractivity contribution >= 4 is 10.0 Å². The zero-order valence-electron chi connectivity index (χ0n) is 11.2. The number of sulfonamides is 1. The number of hydrogen-bond acceptors (Lipinski definition) is 3. The summed E-state index contributed by atoms with van der Waals surface area (Å²) in [5.41, 5.74) is 0.445. The number of hydrogen-bond donors (Lipinski definition) is 1. The largest absolute Gasteiger partial charge is 0.315 e. The molecule has 1 unspecified atom stereocenters. The second kappa shape index (κ2) is 5.56. The molecule has 0 spiro atoms. The maximum atomic E-state index is 13.5. The molecule has 1 N–H and O–H groups in total. The van der Waals surface area contributed by atoms with Crippen LogP contribution in [0.25, 0.3) is 0 Å². The van der Waals surface area contributed by atoms with Crippen LogP contribution in [-0.4, -0.2) is 38.9 Å². The quantitative estimate of drug-likeness (QED) is 0.916. The Morgan fingerprint density at radius 1 is 1.42 bits per heavy atom. The number of rotatable bonds is 3. The Labute approximate surface area is 113 Å². The maximum Gasteiger partial charge on any atom is 0.243 e. The van der Waals surface area contributed by atoms with E-state index in [1.54, 1.807) is 14.0 Å². The minimum absolute atomic E-state index is 0.0173. The highest BCUT2D eigenvalue weighted by Crippen LogP contribution is 2.21. The molecule has 0 radical (unpaired) electrons. The number of aryl methyl sites for hydroxylation is 1. The Kier molecular flexibility index (Phi) is 4.23. The molecule has 0 aromatic heterocycles. The van der Waals surface area contributed by atoms with Crippen molar-refractivity contribution in [2.75, 3.05) is 20.1 Å². The van der Waals surface area contributed by atoms with E-state index in [1.165, 1.54) is 16.4 Å². The lowest BCUT2D eigenvalue weighted by atomic mass is 10.1. The van der Waals surface area contributed by atoms with Gasteiger partial charge >= 0.3 is 0 Å². The van der Waals surface area contributed by atoms with Gasteiger partial charge in [0, 0.05) is 19.6 Å². The number of nitrogens with one attached hydrogen (secondary N) is 1. The predicted molar refractivity (Wildman–Crippen MR) is 72.0 cm³/mol. The normalized spacial score (nSPS) is 20.7. The van der Waals surface area contributed by atoms with Crippen LogP contribution in [0.5, 0.6) is 0 Å². The minimum Gasteiger partial charge on any atom is -0.315 e. The molecule has 1 heterocycles.